The lowest BCUT2D eigenvalue weighted by Gasteiger charge is -2.36. The van der Waals surface area contributed by atoms with Crippen LogP contribution in [0.2, 0.25) is 0 Å². The first-order chi connectivity index (χ1) is 14.5. The van der Waals surface area contributed by atoms with Gasteiger partial charge in [-0.25, -0.2) is 0 Å². The van der Waals surface area contributed by atoms with Crippen LogP contribution in [0.5, 0.6) is 0 Å². The zero-order valence-electron chi connectivity index (χ0n) is 16.5. The van der Waals surface area contributed by atoms with Crippen LogP contribution in [0.1, 0.15) is 33.6 Å². The summed E-state index contributed by atoms with van der Waals surface area (Å²) in [6.45, 7) is 3.94. The van der Waals surface area contributed by atoms with Crippen LogP contribution in [0.3, 0.4) is 0 Å². The molecule has 8 nitrogen and oxygen atoms in total. The van der Waals surface area contributed by atoms with Gasteiger partial charge < -0.3 is 4.90 Å². The van der Waals surface area contributed by atoms with E-state index in [-0.39, 0.29) is 18.7 Å². The molecule has 1 aromatic rings. The molecule has 0 aromatic heterocycles. The van der Waals surface area contributed by atoms with Gasteiger partial charge in [0.2, 0.25) is 11.8 Å². The first-order valence-corrected chi connectivity index (χ1v) is 10.6. The minimum Gasteiger partial charge on any atom is -0.368 e. The number of carbonyl (C=O) groups is 4. The van der Waals surface area contributed by atoms with E-state index in [1.54, 1.807) is 12.1 Å². The number of rotatable bonds is 5. The van der Waals surface area contributed by atoms with Gasteiger partial charge in [0.05, 0.1) is 16.8 Å². The van der Waals surface area contributed by atoms with Crippen molar-refractivity contribution in [1.29, 1.82) is 0 Å². The van der Waals surface area contributed by atoms with Gasteiger partial charge in [0.25, 0.3) is 11.8 Å². The Balaban J connectivity index is 1.53. The number of hydrogen-bond donors (Lipinski definition) is 1. The molecule has 2 fully saturated rings. The summed E-state index contributed by atoms with van der Waals surface area (Å²) in [5.41, 5.74) is 1.38. The van der Waals surface area contributed by atoms with Crippen molar-refractivity contribution in [1.82, 2.24) is 15.1 Å². The van der Waals surface area contributed by atoms with E-state index in [0.717, 1.165) is 43.3 Å². The topological polar surface area (TPSA) is 90.0 Å². The van der Waals surface area contributed by atoms with E-state index in [0.29, 0.717) is 17.0 Å². The number of nitrogens with zero attached hydrogens (tertiary/aromatic N) is 3. The van der Waals surface area contributed by atoms with Crippen LogP contribution in [0.25, 0.3) is 0 Å². The number of nitrogens with one attached hydrogen (secondary N) is 1. The molecule has 158 valence electrons. The zero-order chi connectivity index (χ0) is 21.3. The third kappa shape index (κ3) is 3.73. The highest BCUT2D eigenvalue weighted by molar-refractivity contribution is 6.25. The lowest BCUT2D eigenvalue weighted by Crippen LogP contribution is -2.54. The molecule has 0 aliphatic carbocycles. The summed E-state index contributed by atoms with van der Waals surface area (Å²) >= 11 is 5.67. The number of piperidine rings is 1. The molecular weight excluding hydrogens is 408 g/mol. The normalized spacial score (nSPS) is 22.8. The van der Waals surface area contributed by atoms with E-state index in [4.69, 9.17) is 11.6 Å². The summed E-state index contributed by atoms with van der Waals surface area (Å²) in [7, 11) is 0. The lowest BCUT2D eigenvalue weighted by molar-refractivity contribution is -0.136. The molecule has 0 saturated carbocycles. The van der Waals surface area contributed by atoms with Crippen LogP contribution >= 0.6 is 11.6 Å². The van der Waals surface area contributed by atoms with Gasteiger partial charge >= 0.3 is 0 Å². The highest BCUT2D eigenvalue weighted by Gasteiger charge is 2.46. The molecule has 1 N–H and O–H groups in total. The maximum atomic E-state index is 13.2. The Bertz CT molecular complexity index is 924. The van der Waals surface area contributed by atoms with Crippen molar-refractivity contribution in [3.63, 3.8) is 0 Å². The smallest absolute Gasteiger partial charge is 0.264 e. The number of piperazine rings is 1. The number of hydrogen-bond acceptors (Lipinski definition) is 6. The second-order valence-corrected chi connectivity index (χ2v) is 7.87. The number of benzene rings is 1. The largest absolute Gasteiger partial charge is 0.368 e. The Kier molecular flexibility index (Phi) is 5.87. The summed E-state index contributed by atoms with van der Waals surface area (Å²) in [5.74, 6) is -1.42. The molecular formula is C21H23ClN4O4. The Hall–Kier alpha value is -2.71. The molecule has 2 saturated heterocycles. The van der Waals surface area contributed by atoms with E-state index in [2.05, 4.69) is 15.1 Å². The van der Waals surface area contributed by atoms with Crippen molar-refractivity contribution in [2.45, 2.75) is 18.9 Å². The van der Waals surface area contributed by atoms with Crippen molar-refractivity contribution < 1.29 is 19.2 Å². The molecule has 0 radical (unpaired) electrons. The van der Waals surface area contributed by atoms with Gasteiger partial charge in [0.1, 0.15) is 6.04 Å². The first-order valence-electron chi connectivity index (χ1n) is 10.0. The molecule has 3 aliphatic heterocycles. The minimum atomic E-state index is -0.950. The van der Waals surface area contributed by atoms with Gasteiger partial charge in [-0.05, 0) is 18.6 Å². The molecule has 9 heteroatoms. The van der Waals surface area contributed by atoms with Gasteiger partial charge in [-0.2, -0.15) is 0 Å². The van der Waals surface area contributed by atoms with Gasteiger partial charge in [-0.15, -0.1) is 11.6 Å². The maximum Gasteiger partial charge on any atom is 0.264 e. The van der Waals surface area contributed by atoms with Crippen molar-refractivity contribution in [3.8, 4) is 0 Å². The van der Waals surface area contributed by atoms with E-state index >= 15 is 0 Å². The molecule has 0 spiro atoms. The first kappa shape index (κ1) is 20.6. The van der Waals surface area contributed by atoms with Crippen LogP contribution in [0.4, 0.5) is 5.69 Å². The Labute approximate surface area is 179 Å². The van der Waals surface area contributed by atoms with Crippen LogP contribution in [-0.2, 0) is 9.59 Å². The number of imide groups is 2. The van der Waals surface area contributed by atoms with Crippen LogP contribution in [0.15, 0.2) is 30.4 Å². The maximum absolute atomic E-state index is 13.2. The average Bonchev–Trinajstić information content (AvgIpc) is 3.00. The number of fused-ring (bicyclic) bond motifs is 1. The Morgan fingerprint density at radius 2 is 1.80 bits per heavy atom. The number of allylic oxidation sites excluding steroid dienone is 1. The van der Waals surface area contributed by atoms with E-state index < -0.39 is 23.8 Å². The second-order valence-electron chi connectivity index (χ2n) is 7.56. The van der Waals surface area contributed by atoms with E-state index in [1.807, 2.05) is 18.2 Å². The number of anilines is 1. The molecule has 1 unspecified atom stereocenters. The van der Waals surface area contributed by atoms with Crippen molar-refractivity contribution in [2.75, 3.05) is 43.5 Å². The van der Waals surface area contributed by atoms with Gasteiger partial charge in [0, 0.05) is 45.0 Å². The third-order valence-electron chi connectivity index (χ3n) is 5.78. The summed E-state index contributed by atoms with van der Waals surface area (Å²) in [4.78, 5) is 55.3. The average molecular weight is 431 g/mol. The highest BCUT2D eigenvalue weighted by Crippen LogP contribution is 2.34. The number of halogens is 1. The van der Waals surface area contributed by atoms with Crippen LogP contribution in [0, 0.1) is 0 Å². The Morgan fingerprint density at radius 3 is 2.50 bits per heavy atom. The minimum absolute atomic E-state index is 0.108. The van der Waals surface area contributed by atoms with Gasteiger partial charge in [-0.1, -0.05) is 18.2 Å². The number of amides is 4. The van der Waals surface area contributed by atoms with Crippen LogP contribution in [-0.4, -0.2) is 78.1 Å². The van der Waals surface area contributed by atoms with Crippen molar-refractivity contribution in [2.24, 2.45) is 0 Å². The summed E-state index contributed by atoms with van der Waals surface area (Å²) in [6.07, 6.45) is 4.23. The second kappa shape index (κ2) is 8.57. The molecule has 1 atom stereocenters. The van der Waals surface area contributed by atoms with E-state index in [9.17, 15) is 19.2 Å². The highest BCUT2D eigenvalue weighted by atomic mass is 35.5. The summed E-state index contributed by atoms with van der Waals surface area (Å²) < 4.78 is 0. The molecule has 30 heavy (non-hydrogen) atoms. The fraction of sp³-hybridized carbons (Fsp3) is 0.429. The number of alkyl halides is 1. The number of carbonyl (C=O) groups excluding carboxylic acids is 4. The molecule has 4 amide bonds. The monoisotopic (exact) mass is 430 g/mol. The zero-order valence-corrected chi connectivity index (χ0v) is 17.2. The third-order valence-corrected chi connectivity index (χ3v) is 5.96. The molecule has 3 heterocycles. The fourth-order valence-electron chi connectivity index (χ4n) is 4.22. The fourth-order valence-corrected chi connectivity index (χ4v) is 4.34. The van der Waals surface area contributed by atoms with E-state index in [1.165, 1.54) is 0 Å². The lowest BCUT2D eigenvalue weighted by atomic mass is 10.0. The summed E-state index contributed by atoms with van der Waals surface area (Å²) in [5, 5.41) is 2.22. The van der Waals surface area contributed by atoms with Crippen molar-refractivity contribution >= 4 is 40.9 Å². The van der Waals surface area contributed by atoms with Crippen molar-refractivity contribution in [3.05, 3.63) is 41.5 Å². The SMILES string of the molecule is O=C1CCC(N2C(=O)c3cccc(N4CCN(C/C=C/CCl)CC4)c3C2=O)C(=O)N1. The standard InChI is InChI=1S/C21H23ClN4O4/c22-8-1-2-9-24-10-12-25(13-11-24)15-5-3-4-14-18(15)21(30)26(20(14)29)16-6-7-17(27)23-19(16)28/h1-5,16H,6-13H2,(H,23,27,28)/b2-1+. The molecule has 4 rings (SSSR count). The molecule has 3 aliphatic rings. The summed E-state index contributed by atoms with van der Waals surface area (Å²) in [6, 6.07) is 4.29. The van der Waals surface area contributed by atoms with Gasteiger partial charge in [0.15, 0.2) is 0 Å². The molecule has 0 bridgehead atoms. The van der Waals surface area contributed by atoms with Crippen LogP contribution < -0.4 is 10.2 Å². The Morgan fingerprint density at radius 1 is 1.03 bits per heavy atom. The predicted molar refractivity (Wildman–Crippen MR) is 112 cm³/mol. The van der Waals surface area contributed by atoms with Gasteiger partial charge in [-0.3, -0.25) is 34.3 Å². The predicted octanol–water partition coefficient (Wildman–Crippen LogP) is 1.00. The quantitative estimate of drug-likeness (QED) is 0.426. The molecule has 1 aromatic carbocycles.